The number of aliphatic hydroxyl groups is 4. The number of hydrogen-bond donors (Lipinski definition) is 5. The molecule has 0 aliphatic rings. The highest BCUT2D eigenvalue weighted by Crippen LogP contribution is 2.43. The van der Waals surface area contributed by atoms with Gasteiger partial charge < -0.3 is 34.8 Å². The zero-order valence-electron chi connectivity index (χ0n) is 31.2. The van der Waals surface area contributed by atoms with Crippen molar-refractivity contribution in [3.05, 3.63) is 48.6 Å². The van der Waals surface area contributed by atoms with Crippen LogP contribution in [0.5, 0.6) is 0 Å². The van der Waals surface area contributed by atoms with Crippen LogP contribution in [-0.4, -0.2) is 88.1 Å². The Hall–Kier alpha value is -2.15. The third-order valence-corrected chi connectivity index (χ3v) is 8.58. The minimum Gasteiger partial charge on any atom is -0.462 e. The van der Waals surface area contributed by atoms with Gasteiger partial charge in [0.1, 0.15) is 12.7 Å². The van der Waals surface area contributed by atoms with Gasteiger partial charge in [0.05, 0.1) is 32.0 Å². The minimum atomic E-state index is -4.68. The maximum atomic E-state index is 12.5. The fourth-order valence-electron chi connectivity index (χ4n) is 4.62. The summed E-state index contributed by atoms with van der Waals surface area (Å²) in [5.41, 5.74) is 0. The fraction of sp³-hybridized carbons (Fsp3) is 0.737. The van der Waals surface area contributed by atoms with Crippen molar-refractivity contribution >= 4 is 19.8 Å². The van der Waals surface area contributed by atoms with Crippen LogP contribution < -0.4 is 0 Å². The summed E-state index contributed by atoms with van der Waals surface area (Å²) in [5, 5.41) is 38.8. The van der Waals surface area contributed by atoms with E-state index in [1.807, 2.05) is 12.2 Å². The second-order valence-corrected chi connectivity index (χ2v) is 14.5. The smallest absolute Gasteiger partial charge is 0.462 e. The maximum absolute atomic E-state index is 12.5. The van der Waals surface area contributed by atoms with Gasteiger partial charge in [0.15, 0.2) is 6.10 Å². The summed E-state index contributed by atoms with van der Waals surface area (Å²) in [6, 6.07) is 0. The largest absolute Gasteiger partial charge is 0.472 e. The lowest BCUT2D eigenvalue weighted by Crippen LogP contribution is -2.30. The van der Waals surface area contributed by atoms with E-state index in [4.69, 9.17) is 19.1 Å². The predicted octanol–water partition coefficient (Wildman–Crippen LogP) is 6.79. The lowest BCUT2D eigenvalue weighted by molar-refractivity contribution is -0.161. The first-order chi connectivity index (χ1) is 24.4. The Morgan fingerprint density at radius 2 is 1.22 bits per heavy atom. The SMILES string of the molecule is CC/C=C\C/C=C\C/C=C\C/C=C\C[C@H](O)[C@@H](O)CCCC(=O)OC[C@H](COP(=O)(O)OC[C@@H](O)CO)OC(=O)CCCCCCCCC(C)C. The second kappa shape index (κ2) is 32.5. The first-order valence-electron chi connectivity index (χ1n) is 18.6. The highest BCUT2D eigenvalue weighted by molar-refractivity contribution is 7.47. The molecule has 0 amide bonds. The number of carbonyl (C=O) groups is 2. The molecule has 0 fully saturated rings. The number of carbonyl (C=O) groups excluding carboxylic acids is 2. The van der Waals surface area contributed by atoms with Crippen LogP contribution in [0.15, 0.2) is 48.6 Å². The Bertz CT molecular complexity index is 1040. The Kier molecular flexibility index (Phi) is 31.1. The van der Waals surface area contributed by atoms with Crippen LogP contribution in [0.4, 0.5) is 0 Å². The van der Waals surface area contributed by atoms with Crippen LogP contribution in [0.3, 0.4) is 0 Å². The summed E-state index contributed by atoms with van der Waals surface area (Å²) in [6.45, 7) is 4.09. The Morgan fingerprint density at radius 1 is 0.667 bits per heavy atom. The summed E-state index contributed by atoms with van der Waals surface area (Å²) in [6.07, 6.45) is 23.0. The summed E-state index contributed by atoms with van der Waals surface area (Å²) < 4.78 is 32.3. The molecule has 0 aromatic carbocycles. The lowest BCUT2D eigenvalue weighted by atomic mass is 10.0. The summed E-state index contributed by atoms with van der Waals surface area (Å²) in [5.74, 6) is -0.536. The number of allylic oxidation sites excluding steroid dienone is 7. The number of phosphoric ester groups is 1. The van der Waals surface area contributed by atoms with Gasteiger partial charge in [-0.05, 0) is 57.3 Å². The molecule has 0 aromatic rings. The predicted molar refractivity (Wildman–Crippen MR) is 199 cm³/mol. The van der Waals surface area contributed by atoms with Crippen molar-refractivity contribution < 1.29 is 58.0 Å². The maximum Gasteiger partial charge on any atom is 0.472 e. The van der Waals surface area contributed by atoms with Gasteiger partial charge in [-0.2, -0.15) is 0 Å². The van der Waals surface area contributed by atoms with Crippen LogP contribution in [0.25, 0.3) is 0 Å². The molecule has 0 saturated carbocycles. The summed E-state index contributed by atoms with van der Waals surface area (Å²) in [7, 11) is -4.68. The number of hydrogen-bond acceptors (Lipinski definition) is 11. The van der Waals surface area contributed by atoms with Crippen LogP contribution in [0.1, 0.15) is 124 Å². The molecule has 1 unspecified atom stereocenters. The molecule has 0 aromatic heterocycles. The van der Waals surface area contributed by atoms with Gasteiger partial charge in [-0.1, -0.05) is 108 Å². The van der Waals surface area contributed by atoms with Crippen molar-refractivity contribution in [2.24, 2.45) is 5.92 Å². The van der Waals surface area contributed by atoms with Crippen molar-refractivity contribution in [1.82, 2.24) is 0 Å². The molecule has 0 spiro atoms. The zero-order chi connectivity index (χ0) is 38.2. The van der Waals surface area contributed by atoms with Gasteiger partial charge in [-0.3, -0.25) is 18.6 Å². The number of aliphatic hydroxyl groups excluding tert-OH is 4. The Balaban J connectivity index is 4.62. The van der Waals surface area contributed by atoms with E-state index in [0.717, 1.165) is 44.9 Å². The molecule has 51 heavy (non-hydrogen) atoms. The van der Waals surface area contributed by atoms with Crippen LogP contribution in [0, 0.1) is 5.92 Å². The normalized spacial score (nSPS) is 15.9. The molecule has 0 aliphatic carbocycles. The summed E-state index contributed by atoms with van der Waals surface area (Å²) >= 11 is 0. The minimum absolute atomic E-state index is 0.0763. The van der Waals surface area contributed by atoms with E-state index in [-0.39, 0.29) is 32.1 Å². The third kappa shape index (κ3) is 32.2. The number of unbranched alkanes of at least 4 members (excludes halogenated alkanes) is 5. The van der Waals surface area contributed by atoms with Crippen molar-refractivity contribution in [1.29, 1.82) is 0 Å². The molecule has 0 rings (SSSR count). The van der Waals surface area contributed by atoms with Gasteiger partial charge in [0, 0.05) is 12.8 Å². The average molecular weight is 747 g/mol. The molecule has 0 heterocycles. The average Bonchev–Trinajstić information content (AvgIpc) is 3.09. The van der Waals surface area contributed by atoms with Gasteiger partial charge >= 0.3 is 19.8 Å². The molecule has 12 nitrogen and oxygen atoms in total. The molecular formula is C38H67O12P. The van der Waals surface area contributed by atoms with E-state index < -0.39 is 70.6 Å². The molecular weight excluding hydrogens is 679 g/mol. The lowest BCUT2D eigenvalue weighted by Gasteiger charge is -2.20. The van der Waals surface area contributed by atoms with E-state index in [1.165, 1.54) is 12.8 Å². The molecule has 0 bridgehead atoms. The molecule has 0 saturated heterocycles. The van der Waals surface area contributed by atoms with Crippen molar-refractivity contribution in [3.63, 3.8) is 0 Å². The molecule has 0 aliphatic heterocycles. The number of ether oxygens (including phenoxy) is 2. The first kappa shape index (κ1) is 48.9. The topological polar surface area (TPSA) is 189 Å². The van der Waals surface area contributed by atoms with E-state index in [9.17, 15) is 34.4 Å². The number of phosphoric acid groups is 1. The first-order valence-corrected chi connectivity index (χ1v) is 20.1. The van der Waals surface area contributed by atoms with Crippen molar-refractivity contribution in [3.8, 4) is 0 Å². The zero-order valence-corrected chi connectivity index (χ0v) is 32.1. The van der Waals surface area contributed by atoms with Crippen molar-refractivity contribution in [2.75, 3.05) is 26.4 Å². The van der Waals surface area contributed by atoms with Gasteiger partial charge in [-0.25, -0.2) is 4.57 Å². The third-order valence-electron chi connectivity index (χ3n) is 7.63. The quantitative estimate of drug-likeness (QED) is 0.0205. The highest BCUT2D eigenvalue weighted by atomic mass is 31.2. The van der Waals surface area contributed by atoms with Crippen LogP contribution >= 0.6 is 7.82 Å². The van der Waals surface area contributed by atoms with E-state index in [1.54, 1.807) is 6.08 Å². The monoisotopic (exact) mass is 746 g/mol. The van der Waals surface area contributed by atoms with Crippen LogP contribution in [0.2, 0.25) is 0 Å². The Morgan fingerprint density at radius 3 is 1.82 bits per heavy atom. The van der Waals surface area contributed by atoms with E-state index in [2.05, 4.69) is 55.7 Å². The molecule has 5 N–H and O–H groups in total. The molecule has 0 radical (unpaired) electrons. The van der Waals surface area contributed by atoms with Gasteiger partial charge in [-0.15, -0.1) is 0 Å². The number of esters is 2. The fourth-order valence-corrected chi connectivity index (χ4v) is 5.41. The second-order valence-electron chi connectivity index (χ2n) is 13.0. The number of rotatable bonds is 33. The standard InChI is InChI=1S/C38H67O12P/c1-4-5-6-7-8-9-10-11-12-13-17-20-24-35(41)36(42)25-22-27-37(43)47-30-34(31-49-51(45,46)48-29-33(40)28-39)50-38(44)26-21-18-15-14-16-19-23-32(2)3/h5-6,8-9,11-12,17,20,32-36,39-42H,4,7,10,13-16,18-19,21-31H2,1-3H3,(H,45,46)/b6-5-,9-8-,12-11-,20-17-/t33-,34+,35-,36-/m0/s1. The summed E-state index contributed by atoms with van der Waals surface area (Å²) in [4.78, 5) is 34.8. The van der Waals surface area contributed by atoms with E-state index >= 15 is 0 Å². The molecule has 13 heteroatoms. The Labute approximate surface area is 306 Å². The van der Waals surface area contributed by atoms with Crippen LogP contribution in [-0.2, 0) is 32.7 Å². The molecule has 5 atom stereocenters. The van der Waals surface area contributed by atoms with Gasteiger partial charge in [0.2, 0.25) is 0 Å². The van der Waals surface area contributed by atoms with E-state index in [0.29, 0.717) is 18.8 Å². The van der Waals surface area contributed by atoms with Crippen molar-refractivity contribution in [2.45, 2.75) is 148 Å². The molecule has 296 valence electrons. The highest BCUT2D eigenvalue weighted by Gasteiger charge is 2.27. The van der Waals surface area contributed by atoms with Gasteiger partial charge in [0.25, 0.3) is 0 Å².